The minimum atomic E-state index is -0.560. The minimum absolute atomic E-state index is 0.158. The summed E-state index contributed by atoms with van der Waals surface area (Å²) in [7, 11) is 0. The summed E-state index contributed by atoms with van der Waals surface area (Å²) < 4.78 is 7.05. The number of esters is 1. The minimum Gasteiger partial charge on any atom is -0.463 e. The number of nitrogens with zero attached hydrogens (tertiary/aromatic N) is 2. The number of hydrogen-bond acceptors (Lipinski definition) is 6. The highest BCUT2D eigenvalue weighted by Gasteiger charge is 2.16. The number of hydrogen-bond donors (Lipinski definition) is 1. The number of carbonyl (C=O) groups is 2. The number of benzene rings is 1. The van der Waals surface area contributed by atoms with Crippen molar-refractivity contribution in [3.05, 3.63) is 54.9 Å². The molecule has 2 aromatic rings. The molecule has 7 nitrogen and oxygen atoms in total. The van der Waals surface area contributed by atoms with Crippen LogP contribution in [0.3, 0.4) is 0 Å². The van der Waals surface area contributed by atoms with E-state index < -0.39 is 5.97 Å². The Balaban J connectivity index is 1.87. The van der Waals surface area contributed by atoms with Gasteiger partial charge in [0.1, 0.15) is 11.2 Å². The van der Waals surface area contributed by atoms with E-state index in [1.165, 1.54) is 29.9 Å². The molecule has 1 saturated carbocycles. The summed E-state index contributed by atoms with van der Waals surface area (Å²) in [6, 6.07) is 8.88. The molecule has 0 aliphatic heterocycles. The first-order valence-electron chi connectivity index (χ1n) is 10.9. The third-order valence-electron chi connectivity index (χ3n) is 5.42. The van der Waals surface area contributed by atoms with Crippen LogP contribution in [0.5, 0.6) is 0 Å². The molecule has 1 aliphatic rings. The monoisotopic (exact) mass is 453 g/mol. The van der Waals surface area contributed by atoms with Crippen LogP contribution in [0, 0.1) is 17.2 Å². The smallest absolute Gasteiger partial charge is 0.333 e. The van der Waals surface area contributed by atoms with Crippen molar-refractivity contribution in [2.75, 3.05) is 13.2 Å². The molecule has 1 aromatic carbocycles. The zero-order valence-corrected chi connectivity index (χ0v) is 19.0. The Hall–Kier alpha value is -3.18. The second kappa shape index (κ2) is 11.4. The summed E-state index contributed by atoms with van der Waals surface area (Å²) in [4.78, 5) is 37.6. The Bertz CT molecular complexity index is 1170. The van der Waals surface area contributed by atoms with Gasteiger partial charge in [-0.1, -0.05) is 31.4 Å². The normalized spacial score (nSPS) is 15.4. The predicted octanol–water partition coefficient (Wildman–Crippen LogP) is 1.65. The Kier molecular flexibility index (Phi) is 8.40. The second-order valence-electron chi connectivity index (χ2n) is 7.78. The largest absolute Gasteiger partial charge is 0.463 e. The lowest BCUT2D eigenvalue weighted by molar-refractivity contribution is -0.135. The van der Waals surface area contributed by atoms with Gasteiger partial charge in [0.25, 0.3) is 5.56 Å². The predicted molar refractivity (Wildman–Crippen MR) is 123 cm³/mol. The van der Waals surface area contributed by atoms with Gasteiger partial charge < -0.3 is 10.1 Å². The summed E-state index contributed by atoms with van der Waals surface area (Å²) in [5.41, 5.74) is 0.929. The molecule has 1 fully saturated rings. The van der Waals surface area contributed by atoms with E-state index in [1.807, 2.05) is 0 Å². The highest BCUT2D eigenvalue weighted by molar-refractivity contribution is 7.07. The number of rotatable bonds is 7. The first-order valence-corrected chi connectivity index (χ1v) is 11.7. The zero-order valence-electron chi connectivity index (χ0n) is 18.1. The third-order valence-corrected chi connectivity index (χ3v) is 6.48. The lowest BCUT2D eigenvalue weighted by atomic mass is 9.89. The van der Waals surface area contributed by atoms with Gasteiger partial charge in [-0.25, -0.2) is 4.79 Å². The second-order valence-corrected chi connectivity index (χ2v) is 8.84. The van der Waals surface area contributed by atoms with Crippen molar-refractivity contribution in [1.29, 1.82) is 5.26 Å². The molecule has 1 amide bonds. The number of thiazole rings is 1. The number of carbonyl (C=O) groups excluding carboxylic acids is 2. The maximum absolute atomic E-state index is 13.0. The van der Waals surface area contributed by atoms with Gasteiger partial charge >= 0.3 is 5.97 Å². The van der Waals surface area contributed by atoms with Gasteiger partial charge in [0.2, 0.25) is 5.91 Å². The number of ether oxygens (including phenoxy) is 1. The Morgan fingerprint density at radius 3 is 2.62 bits per heavy atom. The lowest BCUT2D eigenvalue weighted by Crippen LogP contribution is -2.39. The summed E-state index contributed by atoms with van der Waals surface area (Å²) >= 11 is 1.13. The Morgan fingerprint density at radius 2 is 1.97 bits per heavy atom. The van der Waals surface area contributed by atoms with Gasteiger partial charge in [-0.3, -0.25) is 14.2 Å². The molecule has 32 heavy (non-hydrogen) atoms. The molecule has 1 aliphatic carbocycles. The SMILES string of the molecule is CCOC(=O)/C=c1\s/c(=C\c2ccc(C#N)cc2)c(=O)n1CC(=O)NCC1CCCCC1. The maximum Gasteiger partial charge on any atom is 0.333 e. The molecular formula is C24H27N3O4S. The molecule has 0 spiro atoms. The van der Waals surface area contributed by atoms with Crippen LogP contribution >= 0.6 is 11.3 Å². The Morgan fingerprint density at radius 1 is 1.25 bits per heavy atom. The van der Waals surface area contributed by atoms with Gasteiger partial charge in [0.05, 0.1) is 28.8 Å². The number of aromatic nitrogens is 1. The quantitative estimate of drug-likeness (QED) is 0.643. The van der Waals surface area contributed by atoms with Crippen molar-refractivity contribution in [3.63, 3.8) is 0 Å². The molecule has 8 heteroatoms. The first-order chi connectivity index (χ1) is 15.5. The van der Waals surface area contributed by atoms with Crippen molar-refractivity contribution in [2.45, 2.75) is 45.6 Å². The number of nitriles is 1. The van der Waals surface area contributed by atoms with Crippen LogP contribution < -0.4 is 20.1 Å². The van der Waals surface area contributed by atoms with E-state index in [0.29, 0.717) is 27.2 Å². The fraction of sp³-hybridized carbons (Fsp3) is 0.417. The molecule has 3 rings (SSSR count). The summed E-state index contributed by atoms with van der Waals surface area (Å²) in [5.74, 6) is -0.327. The molecule has 0 unspecified atom stereocenters. The van der Waals surface area contributed by atoms with Gasteiger partial charge in [-0.05, 0) is 49.5 Å². The van der Waals surface area contributed by atoms with E-state index in [4.69, 9.17) is 10.00 Å². The van der Waals surface area contributed by atoms with Crippen LogP contribution in [0.1, 0.15) is 50.2 Å². The van der Waals surface area contributed by atoms with Gasteiger partial charge in [0.15, 0.2) is 0 Å². The molecule has 0 bridgehead atoms. The fourth-order valence-electron chi connectivity index (χ4n) is 3.73. The lowest BCUT2D eigenvalue weighted by Gasteiger charge is -2.21. The third kappa shape index (κ3) is 6.41. The Labute approximate surface area is 190 Å². The average Bonchev–Trinajstić information content (AvgIpc) is 3.07. The van der Waals surface area contributed by atoms with Crippen LogP contribution in [-0.4, -0.2) is 29.6 Å². The van der Waals surface area contributed by atoms with E-state index in [0.717, 1.165) is 29.7 Å². The highest BCUT2D eigenvalue weighted by atomic mass is 32.1. The van der Waals surface area contributed by atoms with E-state index in [-0.39, 0.29) is 24.6 Å². The van der Waals surface area contributed by atoms with Crippen molar-refractivity contribution in [3.8, 4) is 6.07 Å². The highest BCUT2D eigenvalue weighted by Crippen LogP contribution is 2.22. The van der Waals surface area contributed by atoms with Crippen LogP contribution in [-0.2, 0) is 20.9 Å². The first kappa shape index (κ1) is 23.5. The van der Waals surface area contributed by atoms with Crippen LogP contribution in [0.2, 0.25) is 0 Å². The molecule has 168 valence electrons. The number of nitrogens with one attached hydrogen (secondary N) is 1. The van der Waals surface area contributed by atoms with Gasteiger partial charge in [-0.15, -0.1) is 11.3 Å². The zero-order chi connectivity index (χ0) is 22.9. The summed E-state index contributed by atoms with van der Waals surface area (Å²) in [5, 5.41) is 11.9. The standard InChI is InChI=1S/C24H27N3O4S/c1-2-31-23(29)13-22-27(16-21(28)26-15-19-6-4-3-5-7-19)24(30)20(32-22)12-17-8-10-18(14-25)11-9-17/h8-13,19H,2-7,15-16H2,1H3,(H,26,28)/b20-12-,22-13-. The molecule has 0 saturated heterocycles. The van der Waals surface area contributed by atoms with Crippen LogP contribution in [0.15, 0.2) is 29.1 Å². The van der Waals surface area contributed by atoms with E-state index in [2.05, 4.69) is 11.4 Å². The van der Waals surface area contributed by atoms with Crippen molar-refractivity contribution >= 4 is 35.4 Å². The van der Waals surface area contributed by atoms with E-state index in [9.17, 15) is 14.4 Å². The van der Waals surface area contributed by atoms with Crippen molar-refractivity contribution in [2.24, 2.45) is 5.92 Å². The fourth-order valence-corrected chi connectivity index (χ4v) is 4.76. The van der Waals surface area contributed by atoms with E-state index in [1.54, 1.807) is 37.3 Å². The molecule has 0 atom stereocenters. The molecule has 1 aromatic heterocycles. The van der Waals surface area contributed by atoms with Crippen LogP contribution in [0.25, 0.3) is 12.2 Å². The summed E-state index contributed by atoms with van der Waals surface area (Å²) in [6.07, 6.45) is 8.80. The summed E-state index contributed by atoms with van der Waals surface area (Å²) in [6.45, 7) is 2.38. The van der Waals surface area contributed by atoms with Crippen molar-refractivity contribution in [1.82, 2.24) is 9.88 Å². The average molecular weight is 454 g/mol. The van der Waals surface area contributed by atoms with Crippen LogP contribution in [0.4, 0.5) is 0 Å². The maximum atomic E-state index is 13.0. The number of amides is 1. The molecular weight excluding hydrogens is 426 g/mol. The molecule has 1 N–H and O–H groups in total. The van der Waals surface area contributed by atoms with E-state index >= 15 is 0 Å². The van der Waals surface area contributed by atoms with Gasteiger partial charge in [-0.2, -0.15) is 5.26 Å². The molecule has 0 radical (unpaired) electrons. The topological polar surface area (TPSA) is 101 Å². The van der Waals surface area contributed by atoms with Crippen molar-refractivity contribution < 1.29 is 14.3 Å². The molecule has 1 heterocycles. The van der Waals surface area contributed by atoms with Gasteiger partial charge in [0, 0.05) is 6.54 Å².